The molecule has 2 aliphatic rings. The van der Waals surface area contributed by atoms with Crippen molar-refractivity contribution in [1.82, 2.24) is 0 Å². The normalized spacial score (nSPS) is 18.4. The Labute approximate surface area is 253 Å². The van der Waals surface area contributed by atoms with Gasteiger partial charge in [-0.25, -0.2) is 0 Å². The second kappa shape index (κ2) is 13.7. The minimum absolute atomic E-state index is 0. The molecule has 0 aromatic heterocycles. The van der Waals surface area contributed by atoms with Gasteiger partial charge in [0.05, 0.1) is 0 Å². The van der Waals surface area contributed by atoms with E-state index in [0.29, 0.717) is 10.3 Å². The zero-order valence-electron chi connectivity index (χ0n) is 23.9. The topological polar surface area (TPSA) is 0 Å². The SMILES string of the molecule is CCCP(CCC)C1=Cc2ccccc2[CH]1[Hf+2][CH]1C(P(C(C)(C)C)C(C)(C)C)=Cc2ccccc21.[Cl-].[Cl-]. The molecule has 2 aromatic carbocycles. The van der Waals surface area contributed by atoms with Crippen LogP contribution in [0.1, 0.15) is 97.8 Å². The van der Waals surface area contributed by atoms with E-state index in [4.69, 9.17) is 0 Å². The third-order valence-corrected chi connectivity index (χ3v) is 22.4. The first-order valence-electron chi connectivity index (χ1n) is 13.5. The number of benzene rings is 2. The van der Waals surface area contributed by atoms with Gasteiger partial charge < -0.3 is 24.8 Å². The summed E-state index contributed by atoms with van der Waals surface area (Å²) in [6.45, 7) is 19.8. The molecule has 0 amide bonds. The van der Waals surface area contributed by atoms with Crippen LogP contribution in [0.15, 0.2) is 59.2 Å². The second-order valence-corrected chi connectivity index (χ2v) is 23.8. The second-order valence-electron chi connectivity index (χ2n) is 12.1. The van der Waals surface area contributed by atoms with Gasteiger partial charge in [0.2, 0.25) is 0 Å². The van der Waals surface area contributed by atoms with E-state index in [9.17, 15) is 0 Å². The molecule has 0 saturated heterocycles. The van der Waals surface area contributed by atoms with Crippen molar-refractivity contribution < 1.29 is 47.7 Å². The van der Waals surface area contributed by atoms with Crippen LogP contribution in [0.5, 0.6) is 0 Å². The molecule has 0 nitrogen and oxygen atoms in total. The average molecular weight is 740 g/mol. The first-order valence-corrected chi connectivity index (χ1v) is 20.7. The summed E-state index contributed by atoms with van der Waals surface area (Å²) in [6.07, 6.45) is 10.8. The van der Waals surface area contributed by atoms with Crippen LogP contribution in [0.25, 0.3) is 12.2 Å². The number of allylic oxidation sites excluding steroid dienone is 2. The Bertz CT molecular complexity index is 1090. The summed E-state index contributed by atoms with van der Waals surface area (Å²) in [7, 11) is -0.279. The molecule has 0 radical (unpaired) electrons. The van der Waals surface area contributed by atoms with E-state index in [1.54, 1.807) is 11.1 Å². The van der Waals surface area contributed by atoms with Crippen LogP contribution in [0.2, 0.25) is 0 Å². The van der Waals surface area contributed by atoms with Gasteiger partial charge in [-0.05, 0) is 0 Å². The van der Waals surface area contributed by atoms with Gasteiger partial charge in [0.25, 0.3) is 0 Å². The first-order chi connectivity index (χ1) is 16.6. The summed E-state index contributed by atoms with van der Waals surface area (Å²) >= 11 is -1.17. The number of hydrogen-bond acceptors (Lipinski definition) is 0. The molecule has 2 aromatic rings. The van der Waals surface area contributed by atoms with Crippen LogP contribution >= 0.6 is 15.8 Å². The van der Waals surface area contributed by atoms with E-state index in [1.165, 1.54) is 36.3 Å². The van der Waals surface area contributed by atoms with Gasteiger partial charge in [-0.1, -0.05) is 0 Å². The third kappa shape index (κ3) is 7.31. The van der Waals surface area contributed by atoms with E-state index >= 15 is 0 Å². The van der Waals surface area contributed by atoms with Crippen molar-refractivity contribution in [1.29, 1.82) is 0 Å². The maximum absolute atomic E-state index is 2.66. The molecule has 0 aliphatic heterocycles. The Morgan fingerprint density at radius 2 is 1.05 bits per heavy atom. The Balaban J connectivity index is 0.00000241. The molecule has 0 fully saturated rings. The predicted octanol–water partition coefficient (Wildman–Crippen LogP) is 4.65. The van der Waals surface area contributed by atoms with Crippen LogP contribution in [-0.2, 0) is 22.9 Å². The van der Waals surface area contributed by atoms with Crippen LogP contribution in [0.4, 0.5) is 0 Å². The van der Waals surface area contributed by atoms with Gasteiger partial charge in [0.1, 0.15) is 0 Å². The Hall–Kier alpha value is 0.230. The molecule has 0 N–H and O–H groups in total. The quantitative estimate of drug-likeness (QED) is 0.274. The summed E-state index contributed by atoms with van der Waals surface area (Å²) in [5, 5.41) is 4.31. The fourth-order valence-electron chi connectivity index (χ4n) is 6.29. The number of hydrogen-bond donors (Lipinski definition) is 0. The van der Waals surface area contributed by atoms with Crippen molar-refractivity contribution in [3.8, 4) is 0 Å². The average Bonchev–Trinajstić information content (AvgIpc) is 3.31. The summed E-state index contributed by atoms with van der Waals surface area (Å²) in [5.74, 6) is 0. The van der Waals surface area contributed by atoms with Crippen molar-refractivity contribution in [2.24, 2.45) is 0 Å². The van der Waals surface area contributed by atoms with Crippen LogP contribution < -0.4 is 24.8 Å². The van der Waals surface area contributed by atoms with E-state index < -0.39 is 22.9 Å². The van der Waals surface area contributed by atoms with Crippen LogP contribution in [-0.4, -0.2) is 22.6 Å². The maximum Gasteiger partial charge on any atom is -1.00 e. The summed E-state index contributed by atoms with van der Waals surface area (Å²) in [6, 6.07) is 18.8. The molecule has 4 rings (SSSR count). The van der Waals surface area contributed by atoms with E-state index in [-0.39, 0.29) is 40.7 Å². The van der Waals surface area contributed by atoms with E-state index in [1.807, 2.05) is 10.6 Å². The largest absolute Gasteiger partial charge is 1.00 e. The van der Waals surface area contributed by atoms with Gasteiger partial charge in [-0.3, -0.25) is 0 Å². The fourth-order valence-corrected chi connectivity index (χ4v) is 23.9. The zero-order chi connectivity index (χ0) is 25.4. The monoisotopic (exact) mass is 740 g/mol. The maximum atomic E-state index is 2.66. The zero-order valence-corrected chi connectivity index (χ0v) is 30.8. The molecule has 200 valence electrons. The van der Waals surface area contributed by atoms with Crippen molar-refractivity contribution >= 4 is 28.0 Å². The molecular formula is C32H44Cl2HfP2. The van der Waals surface area contributed by atoms with Gasteiger partial charge in [-0.2, -0.15) is 0 Å². The van der Waals surface area contributed by atoms with Crippen molar-refractivity contribution in [2.75, 3.05) is 12.3 Å². The molecule has 2 aliphatic carbocycles. The molecule has 2 atom stereocenters. The molecule has 2 unspecified atom stereocenters. The van der Waals surface area contributed by atoms with Crippen molar-refractivity contribution in [2.45, 2.75) is 85.9 Å². The number of rotatable bonds is 8. The van der Waals surface area contributed by atoms with E-state index in [2.05, 4.69) is 116 Å². The Morgan fingerprint density at radius 3 is 1.49 bits per heavy atom. The van der Waals surface area contributed by atoms with Crippen LogP contribution in [0.3, 0.4) is 0 Å². The van der Waals surface area contributed by atoms with Gasteiger partial charge >= 0.3 is 231 Å². The first kappa shape index (κ1) is 33.4. The smallest absolute Gasteiger partial charge is 1.00 e. The van der Waals surface area contributed by atoms with Crippen molar-refractivity contribution in [3.05, 3.63) is 81.4 Å². The van der Waals surface area contributed by atoms with Gasteiger partial charge in [0, 0.05) is 0 Å². The fraction of sp³-hybridized carbons (Fsp3) is 0.500. The van der Waals surface area contributed by atoms with Gasteiger partial charge in [0.15, 0.2) is 0 Å². The molecule has 0 bridgehead atoms. The summed E-state index contributed by atoms with van der Waals surface area (Å²) in [4.78, 5) is 0. The molecule has 37 heavy (non-hydrogen) atoms. The van der Waals surface area contributed by atoms with Crippen LogP contribution in [0, 0.1) is 0 Å². The number of fused-ring (bicyclic) bond motifs is 2. The van der Waals surface area contributed by atoms with E-state index in [0.717, 1.165) is 7.35 Å². The molecular weight excluding hydrogens is 696 g/mol. The summed E-state index contributed by atoms with van der Waals surface area (Å²) in [5.41, 5.74) is 6.38. The number of halogens is 2. The molecule has 0 heterocycles. The molecule has 5 heteroatoms. The Kier molecular flexibility index (Phi) is 12.4. The van der Waals surface area contributed by atoms with Gasteiger partial charge in [-0.15, -0.1) is 0 Å². The minimum atomic E-state index is -1.17. The summed E-state index contributed by atoms with van der Waals surface area (Å²) < 4.78 is 1.47. The minimum Gasteiger partial charge on any atom is -1.00 e. The predicted molar refractivity (Wildman–Crippen MR) is 158 cm³/mol. The third-order valence-electron chi connectivity index (χ3n) is 7.10. The molecule has 0 spiro atoms. The standard InChI is InChI=1S/C17H24P.C15H20P.2ClH.Hf/c1-16(2,3)18(17(4,5)6)15-11-13-9-7-8-10-14(13)12-15;1-3-9-16(10-4-2)15-11-13-7-5-6-8-14(13)12-15;;;/h7-12H,1-6H3;5-8,11-12H,3-4,9-10H2,1-2H3;2*1H;/q;;;;+2/p-2. The Morgan fingerprint density at radius 1 is 0.649 bits per heavy atom. The van der Waals surface area contributed by atoms with Crippen molar-refractivity contribution in [3.63, 3.8) is 0 Å². The molecule has 0 saturated carbocycles.